The maximum absolute atomic E-state index is 9.71. The van der Waals surface area contributed by atoms with E-state index in [0.29, 0.717) is 11.5 Å². The molecule has 2 aromatic heterocycles. The van der Waals surface area contributed by atoms with Gasteiger partial charge >= 0.3 is 0 Å². The maximum atomic E-state index is 9.71. The summed E-state index contributed by atoms with van der Waals surface area (Å²) in [5.41, 5.74) is 2.70. The molecule has 26 heavy (non-hydrogen) atoms. The van der Waals surface area contributed by atoms with Crippen LogP contribution in [-0.2, 0) is 19.7 Å². The lowest BCUT2D eigenvalue weighted by Crippen LogP contribution is -2.16. The molecule has 0 amide bonds. The molecule has 0 unspecified atom stereocenters. The van der Waals surface area contributed by atoms with Crippen molar-refractivity contribution >= 4 is 22.7 Å². The van der Waals surface area contributed by atoms with E-state index >= 15 is 0 Å². The van der Waals surface area contributed by atoms with Crippen LogP contribution in [-0.4, -0.2) is 27.1 Å². The van der Waals surface area contributed by atoms with Gasteiger partial charge in [0.15, 0.2) is 0 Å². The summed E-state index contributed by atoms with van der Waals surface area (Å²) in [5.74, 6) is 0.616. The second-order valence-electron chi connectivity index (χ2n) is 6.77. The predicted octanol–water partition coefficient (Wildman–Crippen LogP) is 4.82. The summed E-state index contributed by atoms with van der Waals surface area (Å²) in [6.07, 6.45) is 0. The van der Waals surface area contributed by atoms with Gasteiger partial charge in [0.25, 0.3) is 0 Å². The largest absolute Gasteiger partial charge is 0.508 e. The highest BCUT2D eigenvalue weighted by Crippen LogP contribution is 2.32. The molecule has 0 saturated heterocycles. The van der Waals surface area contributed by atoms with E-state index < -0.39 is 0 Å². The number of aromatic hydroxyl groups is 1. The lowest BCUT2D eigenvalue weighted by molar-refractivity contribution is 0.275. The molecular formula is C20H24N2O2S2. The molecule has 1 aromatic carbocycles. The fraction of sp³-hybridized carbons (Fsp3) is 0.350. The molecule has 2 N–H and O–H groups in total. The van der Waals surface area contributed by atoms with Crippen molar-refractivity contribution in [2.24, 2.45) is 0 Å². The summed E-state index contributed by atoms with van der Waals surface area (Å²) in [4.78, 5) is 9.39. The summed E-state index contributed by atoms with van der Waals surface area (Å²) in [5, 5.41) is 22.4. The third kappa shape index (κ3) is 4.51. The average Bonchev–Trinajstić information content (AvgIpc) is 3.25. The van der Waals surface area contributed by atoms with E-state index in [1.165, 1.54) is 9.88 Å². The fourth-order valence-corrected chi connectivity index (χ4v) is 4.65. The SMILES string of the molecule is CC(C)c1nc(CN(C)Cc2ccc(-c3ccc(O)c(CO)c3)s2)cs1. The topological polar surface area (TPSA) is 56.6 Å². The molecule has 0 spiro atoms. The van der Waals surface area contributed by atoms with Gasteiger partial charge in [0.05, 0.1) is 17.3 Å². The highest BCUT2D eigenvalue weighted by molar-refractivity contribution is 7.15. The third-order valence-corrected chi connectivity index (χ3v) is 6.43. The van der Waals surface area contributed by atoms with Crippen molar-refractivity contribution in [2.45, 2.75) is 39.5 Å². The zero-order valence-electron chi connectivity index (χ0n) is 15.3. The lowest BCUT2D eigenvalue weighted by Gasteiger charge is -2.13. The minimum absolute atomic E-state index is 0.136. The van der Waals surface area contributed by atoms with Crippen molar-refractivity contribution in [3.63, 3.8) is 0 Å². The molecule has 3 aromatic rings. The molecule has 0 fully saturated rings. The van der Waals surface area contributed by atoms with E-state index in [9.17, 15) is 10.2 Å². The molecule has 0 radical (unpaired) electrons. The van der Waals surface area contributed by atoms with Crippen LogP contribution >= 0.6 is 22.7 Å². The van der Waals surface area contributed by atoms with Crippen LogP contribution in [0, 0.1) is 0 Å². The Morgan fingerprint density at radius 2 is 1.96 bits per heavy atom. The third-order valence-electron chi connectivity index (χ3n) is 4.12. The molecule has 4 nitrogen and oxygen atoms in total. The smallest absolute Gasteiger partial charge is 0.121 e. The number of hydrogen-bond donors (Lipinski definition) is 2. The van der Waals surface area contributed by atoms with Gasteiger partial charge in [0.1, 0.15) is 5.75 Å². The van der Waals surface area contributed by atoms with Gasteiger partial charge in [0.2, 0.25) is 0 Å². The summed E-state index contributed by atoms with van der Waals surface area (Å²) in [7, 11) is 2.11. The van der Waals surface area contributed by atoms with E-state index in [-0.39, 0.29) is 12.4 Å². The maximum Gasteiger partial charge on any atom is 0.121 e. The number of aliphatic hydroxyl groups is 1. The molecule has 3 rings (SSSR count). The Bertz CT molecular complexity index is 870. The molecule has 138 valence electrons. The molecule has 0 atom stereocenters. The number of rotatable bonds is 7. The summed E-state index contributed by atoms with van der Waals surface area (Å²) in [6, 6.07) is 9.61. The summed E-state index contributed by atoms with van der Waals surface area (Å²) >= 11 is 3.47. The van der Waals surface area contributed by atoms with Crippen molar-refractivity contribution < 1.29 is 10.2 Å². The highest BCUT2D eigenvalue weighted by Gasteiger charge is 2.11. The number of hydrogen-bond acceptors (Lipinski definition) is 6. The van der Waals surface area contributed by atoms with Crippen LogP contribution in [0.15, 0.2) is 35.7 Å². The van der Waals surface area contributed by atoms with Crippen LogP contribution in [0.2, 0.25) is 0 Å². The average molecular weight is 389 g/mol. The van der Waals surface area contributed by atoms with Crippen molar-refractivity contribution in [3.05, 3.63) is 56.9 Å². The van der Waals surface area contributed by atoms with Crippen LogP contribution in [0.5, 0.6) is 5.75 Å². The van der Waals surface area contributed by atoms with Crippen molar-refractivity contribution in [1.82, 2.24) is 9.88 Å². The normalized spacial score (nSPS) is 11.6. The fourth-order valence-electron chi connectivity index (χ4n) is 2.74. The minimum atomic E-state index is -0.160. The van der Waals surface area contributed by atoms with Gasteiger partial charge in [-0.2, -0.15) is 0 Å². The first-order valence-corrected chi connectivity index (χ1v) is 10.3. The molecule has 2 heterocycles. The molecule has 0 aliphatic heterocycles. The Morgan fingerprint density at radius 1 is 1.15 bits per heavy atom. The number of thiophene rings is 1. The van der Waals surface area contributed by atoms with E-state index in [4.69, 9.17) is 4.98 Å². The zero-order chi connectivity index (χ0) is 18.7. The van der Waals surface area contributed by atoms with Crippen LogP contribution in [0.3, 0.4) is 0 Å². The number of aromatic nitrogens is 1. The van der Waals surface area contributed by atoms with E-state index in [1.54, 1.807) is 28.7 Å². The second-order valence-corrected chi connectivity index (χ2v) is 8.83. The minimum Gasteiger partial charge on any atom is -0.508 e. The highest BCUT2D eigenvalue weighted by atomic mass is 32.1. The Labute approximate surface area is 162 Å². The van der Waals surface area contributed by atoms with Gasteiger partial charge in [-0.1, -0.05) is 13.8 Å². The Balaban J connectivity index is 1.66. The van der Waals surface area contributed by atoms with Gasteiger partial charge in [-0.25, -0.2) is 4.98 Å². The summed E-state index contributed by atoms with van der Waals surface area (Å²) < 4.78 is 0. The van der Waals surface area contributed by atoms with E-state index in [2.05, 4.69) is 43.3 Å². The second kappa shape index (κ2) is 8.31. The van der Waals surface area contributed by atoms with Gasteiger partial charge in [-0.3, -0.25) is 4.90 Å². The predicted molar refractivity (Wildman–Crippen MR) is 109 cm³/mol. The number of thiazole rings is 1. The van der Waals surface area contributed by atoms with Gasteiger partial charge < -0.3 is 10.2 Å². The number of phenols is 1. The van der Waals surface area contributed by atoms with Crippen LogP contribution in [0.1, 0.15) is 40.9 Å². The van der Waals surface area contributed by atoms with Gasteiger partial charge in [-0.05, 0) is 42.9 Å². The van der Waals surface area contributed by atoms with E-state index in [0.717, 1.165) is 29.2 Å². The molecule has 0 bridgehead atoms. The zero-order valence-corrected chi connectivity index (χ0v) is 16.9. The van der Waals surface area contributed by atoms with Crippen molar-refractivity contribution in [3.8, 4) is 16.2 Å². The van der Waals surface area contributed by atoms with Crippen LogP contribution < -0.4 is 0 Å². The van der Waals surface area contributed by atoms with Crippen LogP contribution in [0.25, 0.3) is 10.4 Å². The number of benzene rings is 1. The van der Waals surface area contributed by atoms with Gasteiger partial charge in [0, 0.05) is 39.7 Å². The quantitative estimate of drug-likeness (QED) is 0.609. The van der Waals surface area contributed by atoms with E-state index in [1.807, 2.05) is 12.1 Å². The van der Waals surface area contributed by atoms with Crippen molar-refractivity contribution in [1.29, 1.82) is 0 Å². The van der Waals surface area contributed by atoms with Gasteiger partial charge in [-0.15, -0.1) is 22.7 Å². The van der Waals surface area contributed by atoms with Crippen molar-refractivity contribution in [2.75, 3.05) is 7.05 Å². The summed E-state index contributed by atoms with van der Waals surface area (Å²) in [6.45, 7) is 5.89. The standard InChI is InChI=1S/C20H24N2O2S2/c1-13(2)20-21-16(12-25-20)9-22(3)10-17-5-7-19(26-17)14-4-6-18(24)15(8-14)11-23/h4-8,12-13,23-24H,9-11H2,1-3H3. The Kier molecular flexibility index (Phi) is 6.09. The molecular weight excluding hydrogens is 364 g/mol. The van der Waals surface area contributed by atoms with Crippen LogP contribution in [0.4, 0.5) is 0 Å². The first-order valence-electron chi connectivity index (χ1n) is 8.61. The first-order chi connectivity index (χ1) is 12.5. The first kappa shape index (κ1) is 19.0. The molecule has 6 heteroatoms. The molecule has 0 aliphatic rings. The number of aliphatic hydroxyl groups excluding tert-OH is 1. The molecule has 0 saturated carbocycles. The molecule has 0 aliphatic carbocycles. The Morgan fingerprint density at radius 3 is 2.65 bits per heavy atom. The lowest BCUT2D eigenvalue weighted by atomic mass is 10.1. The number of nitrogens with zero attached hydrogens (tertiary/aromatic N) is 2. The monoisotopic (exact) mass is 388 g/mol. The Hall–Kier alpha value is -1.73.